The number of hydrogen-bond donors (Lipinski definition) is 1. The van der Waals surface area contributed by atoms with Crippen LogP contribution in [0.25, 0.3) is 0 Å². The molecule has 2 aliphatic rings. The monoisotopic (exact) mass is 362 g/mol. The molecule has 26 heavy (non-hydrogen) atoms. The fraction of sp³-hybridized carbons (Fsp3) is 0.632. The van der Waals surface area contributed by atoms with E-state index in [4.69, 9.17) is 4.74 Å². The molecule has 0 aromatic carbocycles. The summed E-state index contributed by atoms with van der Waals surface area (Å²) in [5.41, 5.74) is 2.04. The normalized spacial score (nSPS) is 24.4. The molecule has 0 spiro atoms. The van der Waals surface area contributed by atoms with Crippen molar-refractivity contribution in [3.05, 3.63) is 23.1 Å². The van der Waals surface area contributed by atoms with Crippen molar-refractivity contribution >= 4 is 17.6 Å². The lowest BCUT2D eigenvalue weighted by atomic mass is 9.77. The van der Waals surface area contributed by atoms with Crippen LogP contribution in [0.3, 0.4) is 0 Å². The number of ether oxygens (including phenoxy) is 1. The predicted molar refractivity (Wildman–Crippen MR) is 99.5 cm³/mol. The summed E-state index contributed by atoms with van der Waals surface area (Å²) in [5.74, 6) is 0.197. The molecule has 0 bridgehead atoms. The Kier molecular flexibility index (Phi) is 5.27. The predicted octanol–water partition coefficient (Wildman–Crippen LogP) is 2.88. The van der Waals surface area contributed by atoms with E-state index in [-0.39, 0.29) is 17.8 Å². The van der Waals surface area contributed by atoms with Crippen LogP contribution >= 0.6 is 0 Å². The van der Waals surface area contributed by atoms with Crippen LogP contribution < -0.4 is 10.2 Å². The SMILES string of the molecule is CCC1(C(C)Cc2nc(N3CCOCC3)c(F)cc2C)NC(=O)N=C1C. The molecular formula is C19H27FN4O2. The van der Waals surface area contributed by atoms with Gasteiger partial charge in [0.25, 0.3) is 0 Å². The largest absolute Gasteiger partial charge is 0.378 e. The van der Waals surface area contributed by atoms with E-state index in [1.165, 1.54) is 0 Å². The van der Waals surface area contributed by atoms with Crippen molar-refractivity contribution in [3.8, 4) is 0 Å². The van der Waals surface area contributed by atoms with Crippen LogP contribution in [0.5, 0.6) is 0 Å². The van der Waals surface area contributed by atoms with E-state index < -0.39 is 5.54 Å². The summed E-state index contributed by atoms with van der Waals surface area (Å²) in [4.78, 5) is 22.4. The lowest BCUT2D eigenvalue weighted by Gasteiger charge is -2.35. The summed E-state index contributed by atoms with van der Waals surface area (Å²) in [6.45, 7) is 10.4. The summed E-state index contributed by atoms with van der Waals surface area (Å²) in [6, 6.07) is 1.28. The molecule has 3 rings (SSSR count). The number of urea groups is 1. The molecule has 7 heteroatoms. The summed E-state index contributed by atoms with van der Waals surface area (Å²) < 4.78 is 19.8. The number of halogens is 1. The minimum absolute atomic E-state index is 0.0944. The van der Waals surface area contributed by atoms with Gasteiger partial charge in [0.1, 0.15) is 0 Å². The Hall–Kier alpha value is -2.02. The smallest absolute Gasteiger partial charge is 0.341 e. The molecule has 1 saturated heterocycles. The number of morpholine rings is 1. The van der Waals surface area contributed by atoms with Crippen LogP contribution in [0, 0.1) is 18.7 Å². The van der Waals surface area contributed by atoms with Gasteiger partial charge < -0.3 is 15.0 Å². The van der Waals surface area contributed by atoms with Gasteiger partial charge in [-0.05, 0) is 44.2 Å². The zero-order chi connectivity index (χ0) is 18.9. The first kappa shape index (κ1) is 18.8. The van der Waals surface area contributed by atoms with Gasteiger partial charge in [0, 0.05) is 24.5 Å². The topological polar surface area (TPSA) is 66.8 Å². The Morgan fingerprint density at radius 1 is 1.38 bits per heavy atom. The van der Waals surface area contributed by atoms with Crippen molar-refractivity contribution < 1.29 is 13.9 Å². The molecular weight excluding hydrogens is 335 g/mol. The highest BCUT2D eigenvalue weighted by Crippen LogP contribution is 2.31. The molecule has 3 heterocycles. The van der Waals surface area contributed by atoms with Gasteiger partial charge in [-0.3, -0.25) is 0 Å². The second-order valence-electron chi connectivity index (χ2n) is 7.21. The maximum Gasteiger partial charge on any atom is 0.341 e. The number of carbonyl (C=O) groups is 1. The highest BCUT2D eigenvalue weighted by atomic mass is 19.1. The van der Waals surface area contributed by atoms with E-state index in [2.05, 4.69) is 22.2 Å². The lowest BCUT2D eigenvalue weighted by Crippen LogP contribution is -2.53. The van der Waals surface area contributed by atoms with E-state index in [9.17, 15) is 9.18 Å². The third-order valence-electron chi connectivity index (χ3n) is 5.71. The van der Waals surface area contributed by atoms with Crippen LogP contribution in [-0.2, 0) is 11.2 Å². The van der Waals surface area contributed by atoms with E-state index in [1.54, 1.807) is 6.07 Å². The zero-order valence-corrected chi connectivity index (χ0v) is 15.9. The van der Waals surface area contributed by atoms with Crippen molar-refractivity contribution in [2.24, 2.45) is 10.9 Å². The maximum atomic E-state index is 14.5. The molecule has 0 aliphatic carbocycles. The number of aromatic nitrogens is 1. The van der Waals surface area contributed by atoms with Crippen molar-refractivity contribution in [3.63, 3.8) is 0 Å². The van der Waals surface area contributed by atoms with Gasteiger partial charge in [-0.15, -0.1) is 0 Å². The first-order valence-corrected chi connectivity index (χ1v) is 9.24. The first-order chi connectivity index (χ1) is 12.4. The molecule has 2 unspecified atom stereocenters. The number of rotatable bonds is 5. The van der Waals surface area contributed by atoms with Crippen LogP contribution in [0.1, 0.15) is 38.4 Å². The highest BCUT2D eigenvalue weighted by molar-refractivity contribution is 6.06. The second kappa shape index (κ2) is 7.31. The Labute approximate surface area is 153 Å². The van der Waals surface area contributed by atoms with E-state index >= 15 is 0 Å². The van der Waals surface area contributed by atoms with E-state index in [1.807, 2.05) is 25.7 Å². The van der Waals surface area contributed by atoms with Crippen LogP contribution in [0.15, 0.2) is 11.1 Å². The van der Waals surface area contributed by atoms with E-state index in [0.717, 1.165) is 23.4 Å². The zero-order valence-electron chi connectivity index (χ0n) is 15.9. The molecule has 1 fully saturated rings. The van der Waals surface area contributed by atoms with Crippen molar-refractivity contribution in [2.45, 2.75) is 46.1 Å². The maximum absolute atomic E-state index is 14.5. The van der Waals surface area contributed by atoms with Gasteiger partial charge in [-0.1, -0.05) is 13.8 Å². The van der Waals surface area contributed by atoms with Gasteiger partial charge >= 0.3 is 6.03 Å². The number of carbonyl (C=O) groups excluding carboxylic acids is 1. The van der Waals surface area contributed by atoms with E-state index in [0.29, 0.717) is 38.5 Å². The van der Waals surface area contributed by atoms with Gasteiger partial charge in [-0.25, -0.2) is 19.2 Å². The standard InChI is InChI=1S/C19H27FN4O2/c1-5-19(14(4)21-18(25)23-19)13(3)11-16-12(2)10-15(20)17(22-16)24-6-8-26-9-7-24/h10,13H,5-9,11H2,1-4H3,(H,23,25). The van der Waals surface area contributed by atoms with Gasteiger partial charge in [0.15, 0.2) is 11.6 Å². The fourth-order valence-electron chi connectivity index (χ4n) is 4.01. The summed E-state index contributed by atoms with van der Waals surface area (Å²) in [7, 11) is 0. The molecule has 2 atom stereocenters. The van der Waals surface area contributed by atoms with Crippen molar-refractivity contribution in [2.75, 3.05) is 31.2 Å². The molecule has 1 N–H and O–H groups in total. The lowest BCUT2D eigenvalue weighted by molar-refractivity contribution is 0.122. The number of hydrogen-bond acceptors (Lipinski definition) is 4. The minimum Gasteiger partial charge on any atom is -0.378 e. The molecule has 1 aromatic heterocycles. The average Bonchev–Trinajstić information content (AvgIpc) is 2.92. The molecule has 0 radical (unpaired) electrons. The van der Waals surface area contributed by atoms with Gasteiger partial charge in [0.05, 0.1) is 18.8 Å². The van der Waals surface area contributed by atoms with Crippen molar-refractivity contribution in [1.82, 2.24) is 10.3 Å². The fourth-order valence-corrected chi connectivity index (χ4v) is 4.01. The van der Waals surface area contributed by atoms with Crippen LogP contribution in [-0.4, -0.2) is 48.6 Å². The quantitative estimate of drug-likeness (QED) is 0.875. The molecule has 1 aromatic rings. The summed E-state index contributed by atoms with van der Waals surface area (Å²) >= 11 is 0. The number of nitrogens with zero attached hydrogens (tertiary/aromatic N) is 3. The second-order valence-corrected chi connectivity index (χ2v) is 7.21. The molecule has 2 aliphatic heterocycles. The molecule has 2 amide bonds. The number of aryl methyl sites for hydroxylation is 1. The molecule has 6 nitrogen and oxygen atoms in total. The highest BCUT2D eigenvalue weighted by Gasteiger charge is 2.43. The third-order valence-corrected chi connectivity index (χ3v) is 5.71. The van der Waals surface area contributed by atoms with Gasteiger partial charge in [-0.2, -0.15) is 0 Å². The Balaban J connectivity index is 1.87. The molecule has 0 saturated carbocycles. The van der Waals surface area contributed by atoms with Crippen LogP contribution in [0.4, 0.5) is 15.0 Å². The Bertz CT molecular complexity index is 730. The minimum atomic E-state index is -0.460. The first-order valence-electron chi connectivity index (χ1n) is 9.24. The third kappa shape index (κ3) is 3.32. The van der Waals surface area contributed by atoms with Crippen LogP contribution in [0.2, 0.25) is 0 Å². The summed E-state index contributed by atoms with van der Waals surface area (Å²) in [6.07, 6.45) is 1.40. The average molecular weight is 362 g/mol. The Morgan fingerprint density at radius 2 is 2.08 bits per heavy atom. The number of nitrogens with one attached hydrogen (secondary N) is 1. The molecule has 142 valence electrons. The van der Waals surface area contributed by atoms with Crippen molar-refractivity contribution in [1.29, 1.82) is 0 Å². The van der Waals surface area contributed by atoms with Gasteiger partial charge in [0.2, 0.25) is 0 Å². The Morgan fingerprint density at radius 3 is 2.65 bits per heavy atom. The number of pyridine rings is 1. The number of amides is 2. The number of aliphatic imine (C=N–C) groups is 1. The summed E-state index contributed by atoms with van der Waals surface area (Å²) in [5, 5.41) is 3.02. The number of anilines is 1.